The van der Waals surface area contributed by atoms with Gasteiger partial charge < -0.3 is 23.5 Å². The SMILES string of the molecule is COc1c(C)c(OC)c2c(c(C=O)cn2C[C@H]2[C@@H](Br)N2C(=O)OC(C)(C)C)c1OCc1ccccc1. The van der Waals surface area contributed by atoms with E-state index in [0.29, 0.717) is 46.9 Å². The number of methoxy groups -OCH3 is 2. The third-order valence-electron chi connectivity index (χ3n) is 6.04. The molecular weight excluding hydrogens is 528 g/mol. The van der Waals surface area contributed by atoms with E-state index in [-0.39, 0.29) is 11.0 Å². The van der Waals surface area contributed by atoms with E-state index in [4.69, 9.17) is 18.9 Å². The topological polar surface area (TPSA) is 79.0 Å². The molecule has 36 heavy (non-hydrogen) atoms. The summed E-state index contributed by atoms with van der Waals surface area (Å²) >= 11 is 3.57. The van der Waals surface area contributed by atoms with E-state index in [0.717, 1.165) is 17.4 Å². The zero-order valence-corrected chi connectivity index (χ0v) is 22.9. The van der Waals surface area contributed by atoms with Crippen LogP contribution in [0.15, 0.2) is 36.5 Å². The number of halogens is 1. The molecule has 1 aliphatic rings. The van der Waals surface area contributed by atoms with Gasteiger partial charge in [-0.3, -0.25) is 9.69 Å². The molecule has 3 aromatic rings. The molecule has 0 saturated carbocycles. The lowest BCUT2D eigenvalue weighted by Crippen LogP contribution is -2.28. The van der Waals surface area contributed by atoms with Crippen molar-refractivity contribution in [1.29, 1.82) is 0 Å². The molecule has 1 amide bonds. The number of nitrogens with zero attached hydrogens (tertiary/aromatic N) is 2. The molecule has 1 saturated heterocycles. The summed E-state index contributed by atoms with van der Waals surface area (Å²) in [4.78, 5) is 26.3. The van der Waals surface area contributed by atoms with Crippen LogP contribution >= 0.6 is 15.9 Å². The number of rotatable bonds is 8. The quantitative estimate of drug-likeness (QED) is 0.153. The first-order valence-electron chi connectivity index (χ1n) is 11.7. The first kappa shape index (κ1) is 25.9. The van der Waals surface area contributed by atoms with Crippen LogP contribution in [-0.4, -0.2) is 52.7 Å². The summed E-state index contributed by atoms with van der Waals surface area (Å²) in [6, 6.07) is 9.62. The lowest BCUT2D eigenvalue weighted by atomic mass is 10.1. The summed E-state index contributed by atoms with van der Waals surface area (Å²) in [7, 11) is 3.15. The molecule has 2 aromatic carbocycles. The Hall–Kier alpha value is -3.20. The average Bonchev–Trinajstić information content (AvgIpc) is 3.32. The largest absolute Gasteiger partial charge is 0.494 e. The molecule has 0 radical (unpaired) electrons. The molecule has 9 heteroatoms. The highest BCUT2D eigenvalue weighted by atomic mass is 79.9. The zero-order chi connectivity index (χ0) is 26.2. The normalized spacial score (nSPS) is 17.1. The molecule has 0 aliphatic carbocycles. The van der Waals surface area contributed by atoms with Crippen LogP contribution in [0.5, 0.6) is 17.2 Å². The monoisotopic (exact) mass is 558 g/mol. The molecule has 1 aliphatic heterocycles. The average molecular weight is 559 g/mol. The molecule has 0 N–H and O–H groups in total. The second-order valence-electron chi connectivity index (χ2n) is 9.70. The minimum absolute atomic E-state index is 0.157. The first-order chi connectivity index (χ1) is 17.1. The van der Waals surface area contributed by atoms with Gasteiger partial charge in [-0.2, -0.15) is 0 Å². The van der Waals surface area contributed by atoms with Gasteiger partial charge in [0.25, 0.3) is 0 Å². The number of aldehydes is 1. The van der Waals surface area contributed by atoms with Crippen molar-refractivity contribution >= 4 is 39.2 Å². The maximum atomic E-state index is 12.6. The van der Waals surface area contributed by atoms with Crippen molar-refractivity contribution in [2.45, 2.75) is 57.4 Å². The highest BCUT2D eigenvalue weighted by molar-refractivity contribution is 9.09. The molecule has 2 atom stereocenters. The lowest BCUT2D eigenvalue weighted by molar-refractivity contribution is 0.0401. The molecule has 192 valence electrons. The number of carbonyl (C=O) groups is 2. The third kappa shape index (κ3) is 4.89. The highest BCUT2D eigenvalue weighted by Gasteiger charge is 2.51. The summed E-state index contributed by atoms with van der Waals surface area (Å²) in [5, 5.41) is 0.607. The number of amides is 1. The standard InChI is InChI=1S/C27H31BrN2O6/c1-16-22(33-5)21-20(24(23(16)34-6)35-15-17-10-8-7-9-11-17)18(14-31)12-29(21)13-19-25(28)30(19)26(32)36-27(2,3)4/h7-12,14,19,25H,13,15H2,1-6H3/t19-,25-,30?/m0/s1. The van der Waals surface area contributed by atoms with Crippen molar-refractivity contribution in [3.63, 3.8) is 0 Å². The van der Waals surface area contributed by atoms with Gasteiger partial charge in [-0.25, -0.2) is 4.79 Å². The van der Waals surface area contributed by atoms with Crippen molar-refractivity contribution in [3.8, 4) is 17.2 Å². The number of benzene rings is 2. The van der Waals surface area contributed by atoms with Crippen LogP contribution in [0.3, 0.4) is 0 Å². The minimum Gasteiger partial charge on any atom is -0.494 e. The number of alkyl halides is 1. The Kier molecular flexibility index (Phi) is 7.22. The summed E-state index contributed by atoms with van der Waals surface area (Å²) in [5.74, 6) is 1.57. The van der Waals surface area contributed by atoms with Crippen LogP contribution in [0.4, 0.5) is 4.79 Å². The second-order valence-corrected chi connectivity index (χ2v) is 10.6. The van der Waals surface area contributed by atoms with E-state index in [9.17, 15) is 9.59 Å². The van der Waals surface area contributed by atoms with E-state index in [2.05, 4.69) is 15.9 Å². The highest BCUT2D eigenvalue weighted by Crippen LogP contribution is 2.48. The Morgan fingerprint density at radius 3 is 2.33 bits per heavy atom. The number of aromatic nitrogens is 1. The molecule has 0 unspecified atom stereocenters. The predicted molar refractivity (Wildman–Crippen MR) is 141 cm³/mol. The Morgan fingerprint density at radius 1 is 1.08 bits per heavy atom. The summed E-state index contributed by atoms with van der Waals surface area (Å²) in [6.45, 7) is 8.13. The van der Waals surface area contributed by atoms with Gasteiger partial charge in [0.15, 0.2) is 17.8 Å². The maximum absolute atomic E-state index is 12.6. The summed E-state index contributed by atoms with van der Waals surface area (Å²) in [5.41, 5.74) is 2.30. The Bertz CT molecular complexity index is 1280. The van der Waals surface area contributed by atoms with E-state index in [1.807, 2.05) is 62.6 Å². The van der Waals surface area contributed by atoms with Crippen molar-refractivity contribution in [1.82, 2.24) is 9.47 Å². The Morgan fingerprint density at radius 2 is 1.75 bits per heavy atom. The molecular formula is C27H31BrN2O6. The molecule has 1 fully saturated rings. The van der Waals surface area contributed by atoms with Gasteiger partial charge in [-0.05, 0) is 33.3 Å². The van der Waals surface area contributed by atoms with Gasteiger partial charge in [0.1, 0.15) is 22.9 Å². The second kappa shape index (κ2) is 10.0. The van der Waals surface area contributed by atoms with Crippen LogP contribution in [0.25, 0.3) is 10.9 Å². The van der Waals surface area contributed by atoms with Gasteiger partial charge in [0, 0.05) is 23.9 Å². The third-order valence-corrected chi connectivity index (χ3v) is 7.09. The van der Waals surface area contributed by atoms with Crippen molar-refractivity contribution in [2.75, 3.05) is 14.2 Å². The van der Waals surface area contributed by atoms with E-state index in [1.54, 1.807) is 25.3 Å². The molecule has 8 nitrogen and oxygen atoms in total. The van der Waals surface area contributed by atoms with Crippen molar-refractivity contribution in [2.24, 2.45) is 0 Å². The first-order valence-corrected chi connectivity index (χ1v) is 12.6. The molecule has 4 rings (SSSR count). The number of carbonyl (C=O) groups excluding carboxylic acids is 2. The number of hydrogen-bond acceptors (Lipinski definition) is 6. The van der Waals surface area contributed by atoms with Gasteiger partial charge in [-0.1, -0.05) is 46.3 Å². The number of ether oxygens (including phenoxy) is 4. The minimum atomic E-state index is -0.594. The molecule has 0 bridgehead atoms. The van der Waals surface area contributed by atoms with Crippen LogP contribution in [0, 0.1) is 6.92 Å². The zero-order valence-electron chi connectivity index (χ0n) is 21.3. The van der Waals surface area contributed by atoms with Crippen molar-refractivity contribution in [3.05, 3.63) is 53.2 Å². The lowest BCUT2D eigenvalue weighted by Gasteiger charge is -2.20. The molecule has 2 heterocycles. The fourth-order valence-corrected chi connectivity index (χ4v) is 5.15. The van der Waals surface area contributed by atoms with Crippen LogP contribution in [-0.2, 0) is 17.9 Å². The number of fused-ring (bicyclic) bond motifs is 1. The van der Waals surface area contributed by atoms with Crippen molar-refractivity contribution < 1.29 is 28.5 Å². The Labute approximate surface area is 219 Å². The molecule has 0 spiro atoms. The fourth-order valence-electron chi connectivity index (χ4n) is 4.40. The molecule has 1 aromatic heterocycles. The van der Waals surface area contributed by atoms with E-state index >= 15 is 0 Å². The number of hydrogen-bond donors (Lipinski definition) is 0. The van der Waals surface area contributed by atoms with Crippen LogP contribution in [0.2, 0.25) is 0 Å². The maximum Gasteiger partial charge on any atom is 0.411 e. The van der Waals surface area contributed by atoms with Crippen LogP contribution < -0.4 is 14.2 Å². The van der Waals surface area contributed by atoms with Gasteiger partial charge in [-0.15, -0.1) is 0 Å². The van der Waals surface area contributed by atoms with E-state index in [1.165, 1.54) is 0 Å². The van der Waals surface area contributed by atoms with Gasteiger partial charge in [0.05, 0.1) is 31.2 Å². The smallest absolute Gasteiger partial charge is 0.411 e. The Balaban J connectivity index is 1.76. The fraction of sp³-hybridized carbons (Fsp3) is 0.407. The van der Waals surface area contributed by atoms with Gasteiger partial charge >= 0.3 is 6.09 Å². The predicted octanol–water partition coefficient (Wildman–Crippen LogP) is 5.70. The van der Waals surface area contributed by atoms with Gasteiger partial charge in [0.2, 0.25) is 0 Å². The van der Waals surface area contributed by atoms with E-state index < -0.39 is 11.7 Å². The summed E-state index contributed by atoms with van der Waals surface area (Å²) < 4.78 is 25.3. The summed E-state index contributed by atoms with van der Waals surface area (Å²) in [6.07, 6.45) is 2.17. The van der Waals surface area contributed by atoms with Crippen LogP contribution in [0.1, 0.15) is 42.3 Å².